The summed E-state index contributed by atoms with van der Waals surface area (Å²) in [6.07, 6.45) is 0. The number of anilines is 3. The Morgan fingerprint density at radius 1 is 0.853 bits per heavy atom. The van der Waals surface area contributed by atoms with Crippen molar-refractivity contribution in [1.29, 1.82) is 0 Å². The smallest absolute Gasteiger partial charge is 0.257 e. The van der Waals surface area contributed by atoms with Gasteiger partial charge in [-0.05, 0) is 61.6 Å². The topological polar surface area (TPSA) is 64.7 Å². The molecule has 3 aromatic carbocycles. The summed E-state index contributed by atoms with van der Waals surface area (Å²) in [5.41, 5.74) is 1.34. The third-order valence-electron chi connectivity index (χ3n) is 5.61. The molecule has 0 aliphatic carbocycles. The quantitative estimate of drug-likeness (QED) is 0.492. The summed E-state index contributed by atoms with van der Waals surface area (Å²) in [5, 5.41) is 6.42. The third-order valence-corrected chi connectivity index (χ3v) is 6.10. The van der Waals surface area contributed by atoms with Crippen molar-refractivity contribution >= 4 is 52.1 Å². The number of likely N-dealkylation sites (N-methyl/N-ethyl adjacent to an activating group) is 1. The van der Waals surface area contributed by atoms with Gasteiger partial charge >= 0.3 is 0 Å². The zero-order chi connectivity index (χ0) is 24.2. The van der Waals surface area contributed by atoms with Crippen LogP contribution in [0.3, 0.4) is 0 Å². The maximum absolute atomic E-state index is 15.2. The van der Waals surface area contributed by atoms with Gasteiger partial charge in [0, 0.05) is 47.5 Å². The largest absolute Gasteiger partial charge is 0.367 e. The number of nitrogens with zero attached hydrogens (tertiary/aromatic N) is 2. The summed E-state index contributed by atoms with van der Waals surface area (Å²) in [7, 11) is 2.01. The minimum atomic E-state index is -0.562. The summed E-state index contributed by atoms with van der Waals surface area (Å²) >= 11 is 11.9. The summed E-state index contributed by atoms with van der Waals surface area (Å²) < 4.78 is 15.2. The lowest BCUT2D eigenvalue weighted by Crippen LogP contribution is -2.44. The fraction of sp³-hybridized carbons (Fsp3) is 0.200. The number of benzene rings is 3. The second-order valence-electron chi connectivity index (χ2n) is 8.07. The molecule has 6 nitrogen and oxygen atoms in total. The Hall–Kier alpha value is -3.13. The van der Waals surface area contributed by atoms with Crippen molar-refractivity contribution in [1.82, 2.24) is 4.90 Å². The summed E-state index contributed by atoms with van der Waals surface area (Å²) in [6.45, 7) is 2.82. The average molecular weight is 501 g/mol. The van der Waals surface area contributed by atoms with Crippen LogP contribution in [0.5, 0.6) is 0 Å². The lowest BCUT2D eigenvalue weighted by atomic mass is 10.1. The Morgan fingerprint density at radius 2 is 1.56 bits per heavy atom. The van der Waals surface area contributed by atoms with E-state index in [0.29, 0.717) is 40.1 Å². The summed E-state index contributed by atoms with van der Waals surface area (Å²) in [5.74, 6) is -1.56. The molecule has 1 saturated heterocycles. The minimum absolute atomic E-state index is 0.000653. The molecule has 0 bridgehead atoms. The zero-order valence-electron chi connectivity index (χ0n) is 18.4. The van der Waals surface area contributed by atoms with E-state index < -0.39 is 17.6 Å². The monoisotopic (exact) mass is 500 g/mol. The number of rotatable bonds is 5. The predicted octanol–water partition coefficient (Wildman–Crippen LogP) is 5.39. The van der Waals surface area contributed by atoms with Gasteiger partial charge in [0.2, 0.25) is 0 Å². The van der Waals surface area contributed by atoms with E-state index in [2.05, 4.69) is 15.5 Å². The van der Waals surface area contributed by atoms with Crippen LogP contribution >= 0.6 is 23.2 Å². The van der Waals surface area contributed by atoms with Gasteiger partial charge in [0.1, 0.15) is 5.82 Å². The van der Waals surface area contributed by atoms with Crippen LogP contribution in [0.4, 0.5) is 21.5 Å². The number of halogens is 3. The molecule has 4 rings (SSSR count). The van der Waals surface area contributed by atoms with Crippen molar-refractivity contribution in [3.05, 3.63) is 87.7 Å². The van der Waals surface area contributed by atoms with Crippen LogP contribution in [-0.4, -0.2) is 49.9 Å². The lowest BCUT2D eigenvalue weighted by molar-refractivity contribution is 0.102. The van der Waals surface area contributed by atoms with Gasteiger partial charge in [-0.1, -0.05) is 29.3 Å². The van der Waals surface area contributed by atoms with Gasteiger partial charge in [0.25, 0.3) is 11.8 Å². The summed E-state index contributed by atoms with van der Waals surface area (Å²) in [4.78, 5) is 30.1. The highest BCUT2D eigenvalue weighted by Crippen LogP contribution is 2.30. The molecule has 1 aliphatic heterocycles. The van der Waals surface area contributed by atoms with Crippen molar-refractivity contribution in [3.8, 4) is 0 Å². The van der Waals surface area contributed by atoms with E-state index in [-0.39, 0.29) is 11.3 Å². The lowest BCUT2D eigenvalue weighted by Gasteiger charge is -2.34. The molecular formula is C25H23Cl2FN4O2. The number of carbonyl (C=O) groups is 2. The zero-order valence-corrected chi connectivity index (χ0v) is 20.0. The van der Waals surface area contributed by atoms with Crippen molar-refractivity contribution in [3.63, 3.8) is 0 Å². The molecule has 0 radical (unpaired) electrons. The normalized spacial score (nSPS) is 14.1. The van der Waals surface area contributed by atoms with Gasteiger partial charge in [-0.2, -0.15) is 0 Å². The van der Waals surface area contributed by atoms with Gasteiger partial charge in [0.05, 0.1) is 16.9 Å². The fourth-order valence-electron chi connectivity index (χ4n) is 3.70. The maximum Gasteiger partial charge on any atom is 0.257 e. The third kappa shape index (κ3) is 5.67. The fourth-order valence-corrected chi connectivity index (χ4v) is 4.01. The molecule has 176 valence electrons. The second-order valence-corrected chi connectivity index (χ2v) is 8.94. The van der Waals surface area contributed by atoms with E-state index in [4.69, 9.17) is 23.2 Å². The predicted molar refractivity (Wildman–Crippen MR) is 135 cm³/mol. The number of carbonyl (C=O) groups excluding carboxylic acids is 2. The molecule has 1 fully saturated rings. The van der Waals surface area contributed by atoms with E-state index >= 15 is 4.39 Å². The molecule has 9 heteroatoms. The molecule has 0 unspecified atom stereocenters. The Balaban J connectivity index is 1.68. The van der Waals surface area contributed by atoms with E-state index in [1.54, 1.807) is 42.5 Å². The summed E-state index contributed by atoms with van der Waals surface area (Å²) in [6, 6.07) is 15.7. The number of hydrogen-bond donors (Lipinski definition) is 2. The average Bonchev–Trinajstić information content (AvgIpc) is 2.82. The highest BCUT2D eigenvalue weighted by molar-refractivity contribution is 6.31. The van der Waals surface area contributed by atoms with Crippen LogP contribution in [0.25, 0.3) is 0 Å². The van der Waals surface area contributed by atoms with Crippen molar-refractivity contribution in [2.45, 2.75) is 0 Å². The van der Waals surface area contributed by atoms with Crippen LogP contribution < -0.4 is 15.5 Å². The first-order valence-corrected chi connectivity index (χ1v) is 11.5. The van der Waals surface area contributed by atoms with Crippen molar-refractivity contribution in [2.24, 2.45) is 0 Å². The Labute approximate surface area is 207 Å². The van der Waals surface area contributed by atoms with Crippen LogP contribution in [0.2, 0.25) is 10.0 Å². The first-order valence-electron chi connectivity index (χ1n) is 10.7. The van der Waals surface area contributed by atoms with Gasteiger partial charge in [-0.15, -0.1) is 0 Å². The molecule has 0 aromatic heterocycles. The van der Waals surface area contributed by atoms with Crippen LogP contribution in [0.1, 0.15) is 20.7 Å². The highest BCUT2D eigenvalue weighted by Gasteiger charge is 2.23. The first kappa shape index (κ1) is 24.0. The number of hydrogen-bond acceptors (Lipinski definition) is 4. The highest BCUT2D eigenvalue weighted by atomic mass is 35.5. The standard InChI is InChI=1S/C25H23Cl2FN4O2/c1-31-9-11-32(12-10-31)23-15-22(30-24(33)16-3-2-4-18(27)13-16)20(14-21(23)28)25(34)29-19-7-5-17(26)6-8-19/h2-8,13-15H,9-12H2,1H3,(H,29,34)(H,30,33). The Bertz CT molecular complexity index is 1210. The molecular weight excluding hydrogens is 478 g/mol. The molecule has 34 heavy (non-hydrogen) atoms. The van der Waals surface area contributed by atoms with E-state index in [9.17, 15) is 9.59 Å². The molecule has 1 heterocycles. The second kappa shape index (κ2) is 10.4. The van der Waals surface area contributed by atoms with E-state index in [1.165, 1.54) is 12.1 Å². The van der Waals surface area contributed by atoms with Crippen LogP contribution in [0, 0.1) is 5.82 Å². The molecule has 0 atom stereocenters. The number of amides is 2. The minimum Gasteiger partial charge on any atom is -0.367 e. The number of nitrogens with one attached hydrogen (secondary N) is 2. The number of piperazine rings is 1. The molecule has 1 aliphatic rings. The van der Waals surface area contributed by atoms with Crippen LogP contribution in [0.15, 0.2) is 60.7 Å². The Kier molecular flexibility index (Phi) is 7.36. The van der Waals surface area contributed by atoms with E-state index in [1.807, 2.05) is 11.9 Å². The van der Waals surface area contributed by atoms with Crippen molar-refractivity contribution in [2.75, 3.05) is 48.8 Å². The van der Waals surface area contributed by atoms with Crippen LogP contribution in [-0.2, 0) is 0 Å². The molecule has 0 saturated carbocycles. The molecule has 2 N–H and O–H groups in total. The van der Waals surface area contributed by atoms with Gasteiger partial charge < -0.3 is 20.4 Å². The van der Waals surface area contributed by atoms with Crippen molar-refractivity contribution < 1.29 is 14.0 Å². The first-order chi connectivity index (χ1) is 16.3. The van der Waals surface area contributed by atoms with Gasteiger partial charge in [0.15, 0.2) is 0 Å². The van der Waals surface area contributed by atoms with Gasteiger partial charge in [-0.25, -0.2) is 4.39 Å². The Morgan fingerprint density at radius 3 is 2.24 bits per heavy atom. The van der Waals surface area contributed by atoms with E-state index in [0.717, 1.165) is 19.2 Å². The maximum atomic E-state index is 15.2. The molecule has 0 spiro atoms. The molecule has 2 amide bonds. The molecule has 3 aromatic rings. The SMILES string of the molecule is CN1CCN(c2cc(NC(=O)c3cccc(Cl)c3)c(C(=O)Nc3ccc(Cl)cc3)cc2F)CC1. The van der Waals surface area contributed by atoms with Gasteiger partial charge in [-0.3, -0.25) is 9.59 Å².